The van der Waals surface area contributed by atoms with Crippen LogP contribution < -0.4 is 9.96 Å². The average molecular weight is 398 g/mol. The first-order valence-corrected chi connectivity index (χ1v) is 10.1. The Bertz CT molecular complexity index is 1110. The van der Waals surface area contributed by atoms with Crippen molar-refractivity contribution in [3.8, 4) is 0 Å². The van der Waals surface area contributed by atoms with E-state index in [1.54, 1.807) is 5.06 Å². The first-order chi connectivity index (χ1) is 14.6. The lowest BCUT2D eigenvalue weighted by atomic mass is 9.88. The van der Waals surface area contributed by atoms with Crippen LogP contribution in [-0.4, -0.2) is 17.9 Å². The summed E-state index contributed by atoms with van der Waals surface area (Å²) < 4.78 is 0. The second-order valence-electron chi connectivity index (χ2n) is 7.86. The van der Waals surface area contributed by atoms with E-state index in [4.69, 9.17) is 4.84 Å². The van der Waals surface area contributed by atoms with Crippen LogP contribution in [0, 0.1) is 19.8 Å². The maximum absolute atomic E-state index is 13.6. The fourth-order valence-corrected chi connectivity index (χ4v) is 4.40. The molecule has 2 aliphatic rings. The first-order valence-electron chi connectivity index (χ1n) is 10.1. The first kappa shape index (κ1) is 18.6. The van der Waals surface area contributed by atoms with E-state index in [1.165, 1.54) is 4.90 Å². The minimum absolute atomic E-state index is 0.222. The monoisotopic (exact) mass is 398 g/mol. The van der Waals surface area contributed by atoms with E-state index in [9.17, 15) is 9.59 Å². The Morgan fingerprint density at radius 1 is 0.733 bits per heavy atom. The summed E-state index contributed by atoms with van der Waals surface area (Å²) in [5.74, 6) is -1.15. The smallest absolute Gasteiger partial charge is 0.266 e. The highest BCUT2D eigenvalue weighted by Crippen LogP contribution is 2.48. The van der Waals surface area contributed by atoms with Gasteiger partial charge in [0.25, 0.3) is 5.91 Å². The zero-order valence-corrected chi connectivity index (χ0v) is 16.9. The van der Waals surface area contributed by atoms with Crippen LogP contribution in [0.4, 0.5) is 11.4 Å². The number of rotatable bonds is 3. The molecule has 5 rings (SSSR count). The van der Waals surface area contributed by atoms with Crippen LogP contribution in [0.3, 0.4) is 0 Å². The molecule has 5 heteroatoms. The van der Waals surface area contributed by atoms with Gasteiger partial charge in [0, 0.05) is 0 Å². The number of benzene rings is 3. The SMILES string of the molecule is Cc1ccc(N2C(=O)C3ON(c4ccccc4)C(c4ccccc4C)C3C2=O)cc1. The van der Waals surface area contributed by atoms with E-state index in [0.29, 0.717) is 5.69 Å². The number of fused-ring (bicyclic) bond motifs is 1. The second-order valence-corrected chi connectivity index (χ2v) is 7.86. The topological polar surface area (TPSA) is 49.9 Å². The molecule has 5 nitrogen and oxygen atoms in total. The number of para-hydroxylation sites is 1. The number of carbonyl (C=O) groups is 2. The van der Waals surface area contributed by atoms with E-state index in [1.807, 2.05) is 92.7 Å². The zero-order chi connectivity index (χ0) is 20.8. The van der Waals surface area contributed by atoms with Crippen LogP contribution in [-0.2, 0) is 14.4 Å². The van der Waals surface area contributed by atoms with Crippen molar-refractivity contribution >= 4 is 23.2 Å². The van der Waals surface area contributed by atoms with Crippen LogP contribution in [0.2, 0.25) is 0 Å². The van der Waals surface area contributed by atoms with Crippen molar-refractivity contribution in [2.45, 2.75) is 26.0 Å². The number of amides is 2. The van der Waals surface area contributed by atoms with Crippen molar-refractivity contribution < 1.29 is 14.4 Å². The minimum Gasteiger partial charge on any atom is -0.273 e. The molecule has 3 aromatic rings. The molecule has 2 fully saturated rings. The third-order valence-corrected chi connectivity index (χ3v) is 5.93. The summed E-state index contributed by atoms with van der Waals surface area (Å²) in [5, 5.41) is 1.74. The number of hydrogen-bond donors (Lipinski definition) is 0. The number of aryl methyl sites for hydroxylation is 2. The maximum atomic E-state index is 13.6. The van der Waals surface area contributed by atoms with Crippen LogP contribution in [0.5, 0.6) is 0 Å². The fourth-order valence-electron chi connectivity index (χ4n) is 4.40. The standard InChI is InChI=1S/C25H22N2O3/c1-16-12-14-18(15-13-16)26-24(28)21-22(20-11-7-6-8-17(20)2)27(30-23(21)25(26)29)19-9-4-3-5-10-19/h3-15,21-23H,1-2H3. The lowest BCUT2D eigenvalue weighted by Crippen LogP contribution is -2.37. The lowest BCUT2D eigenvalue weighted by Gasteiger charge is -2.29. The summed E-state index contributed by atoms with van der Waals surface area (Å²) in [6.07, 6.45) is -0.844. The Hall–Kier alpha value is -3.44. The van der Waals surface area contributed by atoms with E-state index in [2.05, 4.69) is 0 Å². The van der Waals surface area contributed by atoms with Gasteiger partial charge < -0.3 is 0 Å². The van der Waals surface area contributed by atoms with Crippen LogP contribution in [0.25, 0.3) is 0 Å². The van der Waals surface area contributed by atoms with E-state index in [-0.39, 0.29) is 17.9 Å². The minimum atomic E-state index is -0.844. The molecular formula is C25H22N2O3. The summed E-state index contributed by atoms with van der Waals surface area (Å²) in [5.41, 5.74) is 4.52. The molecule has 150 valence electrons. The number of hydroxylamine groups is 1. The van der Waals surface area contributed by atoms with Gasteiger partial charge in [-0.1, -0.05) is 60.2 Å². The summed E-state index contributed by atoms with van der Waals surface area (Å²) >= 11 is 0. The molecule has 2 saturated heterocycles. The third-order valence-electron chi connectivity index (χ3n) is 5.93. The molecule has 2 amide bonds. The van der Waals surface area contributed by atoms with Gasteiger partial charge in [-0.3, -0.25) is 14.4 Å². The van der Waals surface area contributed by atoms with Gasteiger partial charge in [-0.15, -0.1) is 0 Å². The predicted molar refractivity (Wildman–Crippen MR) is 115 cm³/mol. The van der Waals surface area contributed by atoms with Crippen LogP contribution >= 0.6 is 0 Å². The Labute approximate surface area is 175 Å². The van der Waals surface area contributed by atoms with Crippen LogP contribution in [0.15, 0.2) is 78.9 Å². The van der Waals surface area contributed by atoms with Gasteiger partial charge in [0.05, 0.1) is 17.4 Å². The number of anilines is 2. The molecule has 3 atom stereocenters. The van der Waals surface area contributed by atoms with Gasteiger partial charge in [-0.05, 0) is 49.2 Å². The molecule has 0 N–H and O–H groups in total. The molecule has 3 aromatic carbocycles. The molecule has 2 heterocycles. The summed E-state index contributed by atoms with van der Waals surface area (Å²) in [6, 6.07) is 24.6. The van der Waals surface area contributed by atoms with Gasteiger partial charge in [-0.25, -0.2) is 9.96 Å². The molecule has 0 bridgehead atoms. The van der Waals surface area contributed by atoms with Gasteiger partial charge in [-0.2, -0.15) is 0 Å². The van der Waals surface area contributed by atoms with Crippen LogP contribution in [0.1, 0.15) is 22.7 Å². The number of imide groups is 1. The number of nitrogens with zero attached hydrogens (tertiary/aromatic N) is 2. The van der Waals surface area contributed by atoms with Crippen molar-refractivity contribution in [1.29, 1.82) is 0 Å². The largest absolute Gasteiger partial charge is 0.273 e. The Morgan fingerprint density at radius 3 is 2.10 bits per heavy atom. The molecular weight excluding hydrogens is 376 g/mol. The number of carbonyl (C=O) groups excluding carboxylic acids is 2. The van der Waals surface area contributed by atoms with Gasteiger partial charge in [0.2, 0.25) is 5.91 Å². The maximum Gasteiger partial charge on any atom is 0.266 e. The van der Waals surface area contributed by atoms with Gasteiger partial charge in [0.1, 0.15) is 5.92 Å². The Morgan fingerprint density at radius 2 is 1.40 bits per heavy atom. The van der Waals surface area contributed by atoms with Crippen molar-refractivity contribution in [1.82, 2.24) is 0 Å². The quantitative estimate of drug-likeness (QED) is 0.616. The molecule has 0 spiro atoms. The van der Waals surface area contributed by atoms with Crippen molar-refractivity contribution in [3.63, 3.8) is 0 Å². The van der Waals surface area contributed by atoms with Crippen molar-refractivity contribution in [2.75, 3.05) is 9.96 Å². The highest BCUT2D eigenvalue weighted by atomic mass is 16.7. The molecule has 3 unspecified atom stereocenters. The highest BCUT2D eigenvalue weighted by molar-refractivity contribution is 6.23. The highest BCUT2D eigenvalue weighted by Gasteiger charge is 2.60. The van der Waals surface area contributed by atoms with E-state index < -0.39 is 12.0 Å². The molecule has 2 aliphatic heterocycles. The third kappa shape index (κ3) is 2.82. The predicted octanol–water partition coefficient (Wildman–Crippen LogP) is 4.35. The zero-order valence-electron chi connectivity index (χ0n) is 16.9. The average Bonchev–Trinajstić information content (AvgIpc) is 3.26. The van der Waals surface area contributed by atoms with Gasteiger partial charge >= 0.3 is 0 Å². The number of hydrogen-bond acceptors (Lipinski definition) is 4. The van der Waals surface area contributed by atoms with Gasteiger partial charge in [0.15, 0.2) is 6.10 Å². The van der Waals surface area contributed by atoms with E-state index >= 15 is 0 Å². The second kappa shape index (κ2) is 7.11. The van der Waals surface area contributed by atoms with Crippen molar-refractivity contribution in [2.24, 2.45) is 5.92 Å². The fraction of sp³-hybridized carbons (Fsp3) is 0.200. The van der Waals surface area contributed by atoms with Crippen molar-refractivity contribution in [3.05, 3.63) is 95.6 Å². The summed E-state index contributed by atoms with van der Waals surface area (Å²) in [6.45, 7) is 3.99. The van der Waals surface area contributed by atoms with E-state index in [0.717, 1.165) is 22.4 Å². The lowest BCUT2D eigenvalue weighted by molar-refractivity contribution is -0.126. The normalized spacial score (nSPS) is 23.2. The molecule has 0 radical (unpaired) electrons. The molecule has 30 heavy (non-hydrogen) atoms. The Kier molecular flexibility index (Phi) is 4.40. The molecule has 0 aromatic heterocycles. The molecule has 0 aliphatic carbocycles. The summed E-state index contributed by atoms with van der Waals surface area (Å²) in [7, 11) is 0. The molecule has 0 saturated carbocycles. The summed E-state index contributed by atoms with van der Waals surface area (Å²) in [4.78, 5) is 34.3. The Balaban J connectivity index is 1.60.